The molecule has 0 amide bonds. The van der Waals surface area contributed by atoms with Crippen molar-refractivity contribution >= 4 is 0 Å². The molecule has 7 heteroatoms. The van der Waals surface area contributed by atoms with E-state index in [-0.39, 0.29) is 17.3 Å². The number of nitrogens with one attached hydrogen (secondary N) is 1. The second-order valence-corrected chi connectivity index (χ2v) is 5.54. The largest absolute Gasteiger partial charge is 0.420 e. The highest BCUT2D eigenvalue weighted by Gasteiger charge is 2.35. The first-order chi connectivity index (χ1) is 12.2. The van der Waals surface area contributed by atoms with Crippen molar-refractivity contribution in [3.63, 3.8) is 0 Å². The Morgan fingerprint density at radius 3 is 2.72 bits per heavy atom. The number of aromatic nitrogens is 3. The SMILES string of the molecule is N#CC1=C(N)Oc2n[nH]c(-c3ccc(F)cc3)c2[C@H]1c1cccnc1. The third kappa shape index (κ3) is 2.40. The number of ether oxygens (including phenoxy) is 1. The van der Waals surface area contributed by atoms with E-state index in [4.69, 9.17) is 10.5 Å². The van der Waals surface area contributed by atoms with Crippen LogP contribution in [0.1, 0.15) is 17.0 Å². The highest BCUT2D eigenvalue weighted by molar-refractivity contribution is 5.70. The highest BCUT2D eigenvalue weighted by Crippen LogP contribution is 2.45. The van der Waals surface area contributed by atoms with E-state index in [9.17, 15) is 9.65 Å². The summed E-state index contributed by atoms with van der Waals surface area (Å²) in [5, 5.41) is 16.7. The fourth-order valence-electron chi connectivity index (χ4n) is 2.96. The van der Waals surface area contributed by atoms with Gasteiger partial charge in [-0.1, -0.05) is 6.07 Å². The summed E-state index contributed by atoms with van der Waals surface area (Å²) in [5.41, 5.74) is 9.02. The number of fused-ring (bicyclic) bond motifs is 1. The number of hydrogen-bond donors (Lipinski definition) is 2. The Hall–Kier alpha value is -3.66. The molecule has 0 saturated carbocycles. The van der Waals surface area contributed by atoms with Gasteiger partial charge in [-0.15, -0.1) is 5.10 Å². The van der Waals surface area contributed by atoms with Crippen LogP contribution < -0.4 is 10.5 Å². The van der Waals surface area contributed by atoms with Crippen molar-refractivity contribution in [3.05, 3.63) is 77.2 Å². The molecule has 1 aliphatic heterocycles. The molecule has 3 aromatic rings. The maximum absolute atomic E-state index is 13.3. The zero-order valence-electron chi connectivity index (χ0n) is 12.9. The number of nitrogens with two attached hydrogens (primary N) is 1. The molecule has 2 aromatic heterocycles. The number of pyridine rings is 1. The van der Waals surface area contributed by atoms with Crippen molar-refractivity contribution in [1.29, 1.82) is 5.26 Å². The topological polar surface area (TPSA) is 101 Å². The molecule has 4 rings (SSSR count). The lowest BCUT2D eigenvalue weighted by molar-refractivity contribution is 0.379. The average Bonchev–Trinajstić information content (AvgIpc) is 3.05. The summed E-state index contributed by atoms with van der Waals surface area (Å²) in [4.78, 5) is 4.13. The maximum Gasteiger partial charge on any atom is 0.244 e. The Morgan fingerprint density at radius 2 is 2.04 bits per heavy atom. The van der Waals surface area contributed by atoms with Crippen molar-refractivity contribution < 1.29 is 9.13 Å². The molecule has 1 atom stereocenters. The minimum Gasteiger partial charge on any atom is -0.420 e. The van der Waals surface area contributed by atoms with Crippen LogP contribution in [-0.4, -0.2) is 15.2 Å². The molecule has 122 valence electrons. The number of hydrogen-bond acceptors (Lipinski definition) is 5. The number of rotatable bonds is 2. The lowest BCUT2D eigenvalue weighted by Gasteiger charge is -2.23. The summed E-state index contributed by atoms with van der Waals surface area (Å²) in [7, 11) is 0. The first-order valence-electron chi connectivity index (χ1n) is 7.50. The van der Waals surface area contributed by atoms with Crippen LogP contribution in [0, 0.1) is 17.1 Å². The van der Waals surface area contributed by atoms with Gasteiger partial charge in [-0.05, 0) is 35.9 Å². The summed E-state index contributed by atoms with van der Waals surface area (Å²) in [6, 6.07) is 11.8. The summed E-state index contributed by atoms with van der Waals surface area (Å²) >= 11 is 0. The van der Waals surface area contributed by atoms with Gasteiger partial charge in [-0.25, -0.2) is 4.39 Å². The Balaban J connectivity index is 1.94. The predicted molar refractivity (Wildman–Crippen MR) is 87.5 cm³/mol. The monoisotopic (exact) mass is 333 g/mol. The van der Waals surface area contributed by atoms with E-state index in [1.807, 2.05) is 6.07 Å². The second-order valence-electron chi connectivity index (χ2n) is 5.54. The Labute approximate surface area is 142 Å². The fourth-order valence-corrected chi connectivity index (χ4v) is 2.96. The first kappa shape index (κ1) is 14.9. The zero-order valence-corrected chi connectivity index (χ0v) is 12.9. The van der Waals surface area contributed by atoms with E-state index in [1.54, 1.807) is 30.6 Å². The van der Waals surface area contributed by atoms with E-state index >= 15 is 0 Å². The van der Waals surface area contributed by atoms with Gasteiger partial charge in [0.05, 0.1) is 17.2 Å². The molecule has 0 aliphatic carbocycles. The van der Waals surface area contributed by atoms with Gasteiger partial charge in [0.2, 0.25) is 11.8 Å². The maximum atomic E-state index is 13.3. The number of benzene rings is 1. The van der Waals surface area contributed by atoms with Gasteiger partial charge in [-0.2, -0.15) is 5.26 Å². The van der Waals surface area contributed by atoms with E-state index in [2.05, 4.69) is 21.3 Å². The van der Waals surface area contributed by atoms with Crippen molar-refractivity contribution in [2.45, 2.75) is 5.92 Å². The van der Waals surface area contributed by atoms with Gasteiger partial charge in [0.1, 0.15) is 17.5 Å². The quantitative estimate of drug-likeness (QED) is 0.751. The molecule has 1 aromatic carbocycles. The summed E-state index contributed by atoms with van der Waals surface area (Å²) in [6.45, 7) is 0. The van der Waals surface area contributed by atoms with Crippen LogP contribution in [0.25, 0.3) is 11.3 Å². The van der Waals surface area contributed by atoms with Crippen LogP contribution in [-0.2, 0) is 0 Å². The highest BCUT2D eigenvalue weighted by atomic mass is 19.1. The van der Waals surface area contributed by atoms with Crippen LogP contribution in [0.2, 0.25) is 0 Å². The van der Waals surface area contributed by atoms with Gasteiger partial charge >= 0.3 is 0 Å². The van der Waals surface area contributed by atoms with Crippen molar-refractivity contribution in [3.8, 4) is 23.2 Å². The van der Waals surface area contributed by atoms with Crippen molar-refractivity contribution in [2.75, 3.05) is 0 Å². The first-order valence-corrected chi connectivity index (χ1v) is 7.50. The van der Waals surface area contributed by atoms with Crippen molar-refractivity contribution in [1.82, 2.24) is 15.2 Å². The van der Waals surface area contributed by atoms with Crippen molar-refractivity contribution in [2.24, 2.45) is 5.73 Å². The molecule has 3 N–H and O–H groups in total. The van der Waals surface area contributed by atoms with E-state index < -0.39 is 5.92 Å². The molecular formula is C18H12FN5O. The molecule has 25 heavy (non-hydrogen) atoms. The number of aromatic amines is 1. The van der Waals surface area contributed by atoms with Gasteiger partial charge in [-0.3, -0.25) is 10.1 Å². The molecule has 0 saturated heterocycles. The van der Waals surface area contributed by atoms with Crippen LogP contribution in [0.4, 0.5) is 4.39 Å². The van der Waals surface area contributed by atoms with Crippen LogP contribution >= 0.6 is 0 Å². The third-order valence-corrected chi connectivity index (χ3v) is 4.09. The Kier molecular flexibility index (Phi) is 3.43. The van der Waals surface area contributed by atoms with Crippen LogP contribution in [0.15, 0.2) is 60.2 Å². The van der Waals surface area contributed by atoms with Gasteiger partial charge in [0, 0.05) is 18.0 Å². The minimum atomic E-state index is -0.471. The smallest absolute Gasteiger partial charge is 0.244 e. The lowest BCUT2D eigenvalue weighted by Crippen LogP contribution is -2.21. The van der Waals surface area contributed by atoms with Gasteiger partial charge in [0.25, 0.3) is 0 Å². The number of halogens is 1. The number of nitriles is 1. The predicted octanol–water partition coefficient (Wildman–Crippen LogP) is 2.83. The molecule has 0 fully saturated rings. The lowest BCUT2D eigenvalue weighted by atomic mass is 9.84. The van der Waals surface area contributed by atoms with Crippen LogP contribution in [0.3, 0.4) is 0 Å². The number of nitrogens with zero attached hydrogens (tertiary/aromatic N) is 3. The fraction of sp³-hybridized carbons (Fsp3) is 0.0556. The second kappa shape index (κ2) is 5.76. The van der Waals surface area contributed by atoms with Crippen LogP contribution in [0.5, 0.6) is 5.88 Å². The molecule has 0 spiro atoms. The Morgan fingerprint density at radius 1 is 1.24 bits per heavy atom. The standard InChI is InChI=1S/C18H12FN5O/c19-12-5-3-10(4-6-12)16-15-14(11-2-1-7-22-9-11)13(8-20)17(21)25-18(15)24-23-16/h1-7,9,14H,21H2,(H,23,24)/t14-/m0/s1. The minimum absolute atomic E-state index is 0.0148. The van der Waals surface area contributed by atoms with Gasteiger partial charge in [0.15, 0.2) is 0 Å². The van der Waals surface area contributed by atoms with E-state index in [0.717, 1.165) is 11.1 Å². The molecule has 0 radical (unpaired) electrons. The summed E-state index contributed by atoms with van der Waals surface area (Å²) in [6.07, 6.45) is 3.32. The van der Waals surface area contributed by atoms with E-state index in [0.29, 0.717) is 17.1 Å². The zero-order chi connectivity index (χ0) is 17.4. The molecule has 0 unspecified atom stereocenters. The average molecular weight is 333 g/mol. The normalized spacial score (nSPS) is 16.1. The molecule has 6 nitrogen and oxygen atoms in total. The van der Waals surface area contributed by atoms with Gasteiger partial charge < -0.3 is 10.5 Å². The molecule has 1 aliphatic rings. The molecule has 3 heterocycles. The molecular weight excluding hydrogens is 321 g/mol. The number of H-pyrrole nitrogens is 1. The third-order valence-electron chi connectivity index (χ3n) is 4.09. The number of allylic oxidation sites excluding steroid dienone is 1. The van der Waals surface area contributed by atoms with E-state index in [1.165, 1.54) is 12.1 Å². The Bertz CT molecular complexity index is 1000. The summed E-state index contributed by atoms with van der Waals surface area (Å²) < 4.78 is 18.8. The summed E-state index contributed by atoms with van der Waals surface area (Å²) in [5.74, 6) is -0.494. The molecule has 0 bridgehead atoms.